The molecule has 2 N–H and O–H groups in total. The van der Waals surface area contributed by atoms with Gasteiger partial charge < -0.3 is 19.9 Å². The Bertz CT molecular complexity index is 641. The van der Waals surface area contributed by atoms with Crippen LogP contribution in [0.5, 0.6) is 11.5 Å². The molecule has 2 aliphatic rings. The third-order valence-corrected chi connectivity index (χ3v) is 4.85. The number of anilines is 1. The minimum absolute atomic E-state index is 0.187. The molecule has 1 aliphatic heterocycles. The van der Waals surface area contributed by atoms with Gasteiger partial charge in [-0.05, 0) is 24.3 Å². The van der Waals surface area contributed by atoms with Gasteiger partial charge in [-0.1, -0.05) is 40.0 Å². The number of hydrogen-bond donors (Lipinski definition) is 2. The van der Waals surface area contributed by atoms with Crippen LogP contribution in [0.15, 0.2) is 11.1 Å². The van der Waals surface area contributed by atoms with Crippen LogP contribution in [-0.4, -0.2) is 24.3 Å². The number of nitrogens with zero attached hydrogens (tertiary/aromatic N) is 1. The second kappa shape index (κ2) is 6.54. The fourth-order valence-corrected chi connectivity index (χ4v) is 3.45. The van der Waals surface area contributed by atoms with Gasteiger partial charge in [0, 0.05) is 5.56 Å². The van der Waals surface area contributed by atoms with Gasteiger partial charge in [-0.2, -0.15) is 0 Å². The first kappa shape index (κ1) is 16.9. The molecule has 0 atom stereocenters. The van der Waals surface area contributed by atoms with Crippen molar-refractivity contribution in [2.24, 2.45) is 4.99 Å². The van der Waals surface area contributed by atoms with E-state index in [0.717, 1.165) is 29.7 Å². The van der Waals surface area contributed by atoms with Gasteiger partial charge in [-0.3, -0.25) is 0 Å². The van der Waals surface area contributed by atoms with Crippen LogP contribution >= 0.6 is 0 Å². The quantitative estimate of drug-likeness (QED) is 0.791. The molecule has 0 aromatic heterocycles. The number of amidine groups is 1. The number of phenols is 1. The largest absolute Gasteiger partial charge is 0.505 e. The predicted octanol–water partition coefficient (Wildman–Crippen LogP) is 4.33. The number of methoxy groups -OCH3 is 1. The lowest BCUT2D eigenvalue weighted by atomic mass is 9.84. The van der Waals surface area contributed by atoms with Gasteiger partial charge in [0.25, 0.3) is 6.02 Å². The summed E-state index contributed by atoms with van der Waals surface area (Å²) in [6.45, 7) is 6.58. The molecule has 1 fully saturated rings. The number of rotatable bonds is 2. The Morgan fingerprint density at radius 2 is 1.96 bits per heavy atom. The highest BCUT2D eigenvalue weighted by Gasteiger charge is 2.29. The number of ether oxygens (including phenoxy) is 2. The summed E-state index contributed by atoms with van der Waals surface area (Å²) in [6.07, 6.45) is 5.97. The molecule has 0 spiro atoms. The Morgan fingerprint density at radius 1 is 1.25 bits per heavy atom. The van der Waals surface area contributed by atoms with Gasteiger partial charge in [0.15, 0.2) is 0 Å². The molecule has 0 bridgehead atoms. The number of fused-ring (bicyclic) bond motifs is 1. The zero-order valence-corrected chi connectivity index (χ0v) is 15.1. The normalized spacial score (nSPS) is 20.2. The highest BCUT2D eigenvalue weighted by molar-refractivity contribution is 5.94. The van der Waals surface area contributed by atoms with Crippen LogP contribution in [0.25, 0.3) is 0 Å². The summed E-state index contributed by atoms with van der Waals surface area (Å²) in [5.41, 5.74) is 2.17. The standard InChI is InChI=1S/C19H28N2O3/c1-19(2,3)14-10-15(23-4)13-11-24-18(21-16(13)17(14)22)20-12-8-6-5-7-9-12/h10,12,22H,5-9,11H2,1-4H3,(H,20,21). The number of nitrogens with one attached hydrogen (secondary N) is 1. The first-order valence-electron chi connectivity index (χ1n) is 8.81. The maximum Gasteiger partial charge on any atom is 0.289 e. The molecule has 0 radical (unpaired) electrons. The van der Waals surface area contributed by atoms with Crippen LogP contribution in [0.2, 0.25) is 0 Å². The summed E-state index contributed by atoms with van der Waals surface area (Å²) in [7, 11) is 1.64. The zero-order valence-electron chi connectivity index (χ0n) is 15.1. The maximum absolute atomic E-state index is 10.8. The highest BCUT2D eigenvalue weighted by atomic mass is 16.5. The van der Waals surface area contributed by atoms with Crippen molar-refractivity contribution in [2.45, 2.75) is 70.9 Å². The number of phenolic OH excluding ortho intramolecular Hbond substituents is 1. The fourth-order valence-electron chi connectivity index (χ4n) is 3.45. The number of hydrogen-bond acceptors (Lipinski definition) is 4. The topological polar surface area (TPSA) is 63.1 Å². The third kappa shape index (κ3) is 3.30. The Labute approximate surface area is 144 Å². The molecule has 0 amide bonds. The van der Waals surface area contributed by atoms with Crippen molar-refractivity contribution in [3.8, 4) is 11.5 Å². The minimum atomic E-state index is -0.187. The Morgan fingerprint density at radius 3 is 2.58 bits per heavy atom. The minimum Gasteiger partial charge on any atom is -0.505 e. The summed E-state index contributed by atoms with van der Waals surface area (Å²) in [6, 6.07) is 2.73. The van der Waals surface area contributed by atoms with Crippen LogP contribution in [0.1, 0.15) is 64.0 Å². The van der Waals surface area contributed by atoms with Gasteiger partial charge in [0.2, 0.25) is 0 Å². The van der Waals surface area contributed by atoms with Gasteiger partial charge in [-0.25, -0.2) is 4.99 Å². The molecule has 1 saturated carbocycles. The van der Waals surface area contributed by atoms with Crippen molar-refractivity contribution in [3.63, 3.8) is 0 Å². The van der Waals surface area contributed by atoms with Crippen molar-refractivity contribution in [2.75, 3.05) is 12.4 Å². The lowest BCUT2D eigenvalue weighted by Gasteiger charge is -2.29. The Kier molecular flexibility index (Phi) is 4.61. The molecular weight excluding hydrogens is 304 g/mol. The summed E-state index contributed by atoms with van der Waals surface area (Å²) in [5.74, 6) is 0.995. The number of benzene rings is 1. The summed E-state index contributed by atoms with van der Waals surface area (Å²) >= 11 is 0. The summed E-state index contributed by atoms with van der Waals surface area (Å²) < 4.78 is 11.3. The van der Waals surface area contributed by atoms with Crippen LogP contribution < -0.4 is 10.1 Å². The zero-order chi connectivity index (χ0) is 17.3. The molecule has 5 heteroatoms. The molecular formula is C19H28N2O3. The van der Waals surface area contributed by atoms with Gasteiger partial charge in [0.05, 0.1) is 24.4 Å². The number of aromatic hydroxyl groups is 1. The van der Waals surface area contributed by atoms with E-state index < -0.39 is 0 Å². The van der Waals surface area contributed by atoms with Crippen LogP contribution in [0.4, 0.5) is 5.69 Å². The molecule has 0 saturated heterocycles. The van der Waals surface area contributed by atoms with E-state index in [1.54, 1.807) is 7.11 Å². The molecule has 132 valence electrons. The Balaban J connectivity index is 1.95. The van der Waals surface area contributed by atoms with Crippen LogP contribution in [0.3, 0.4) is 0 Å². The molecule has 1 aromatic rings. The van der Waals surface area contributed by atoms with E-state index in [1.165, 1.54) is 19.3 Å². The molecule has 1 aliphatic carbocycles. The first-order valence-corrected chi connectivity index (χ1v) is 8.81. The van der Waals surface area contributed by atoms with Crippen molar-refractivity contribution >= 4 is 11.7 Å². The van der Waals surface area contributed by atoms with E-state index in [-0.39, 0.29) is 11.2 Å². The van der Waals surface area contributed by atoms with Crippen LogP contribution in [0, 0.1) is 0 Å². The van der Waals surface area contributed by atoms with E-state index in [1.807, 2.05) is 6.07 Å². The molecule has 5 nitrogen and oxygen atoms in total. The van der Waals surface area contributed by atoms with Crippen molar-refractivity contribution < 1.29 is 14.6 Å². The molecule has 24 heavy (non-hydrogen) atoms. The second-order valence-corrected chi connectivity index (χ2v) is 7.72. The molecule has 0 unspecified atom stereocenters. The van der Waals surface area contributed by atoms with E-state index in [0.29, 0.717) is 24.4 Å². The monoisotopic (exact) mass is 332 g/mol. The van der Waals surface area contributed by atoms with E-state index >= 15 is 0 Å². The third-order valence-electron chi connectivity index (χ3n) is 4.85. The summed E-state index contributed by atoms with van der Waals surface area (Å²) in [4.78, 5) is 4.71. The first-order chi connectivity index (χ1) is 11.4. The van der Waals surface area contributed by atoms with Crippen molar-refractivity contribution in [1.82, 2.24) is 0 Å². The molecule has 1 heterocycles. The van der Waals surface area contributed by atoms with E-state index in [4.69, 9.17) is 14.5 Å². The van der Waals surface area contributed by atoms with Gasteiger partial charge in [-0.15, -0.1) is 0 Å². The highest BCUT2D eigenvalue weighted by Crippen LogP contribution is 2.44. The lowest BCUT2D eigenvalue weighted by molar-refractivity contribution is 0.270. The van der Waals surface area contributed by atoms with Crippen LogP contribution in [-0.2, 0) is 16.8 Å². The second-order valence-electron chi connectivity index (χ2n) is 7.72. The van der Waals surface area contributed by atoms with E-state index in [9.17, 15) is 5.11 Å². The van der Waals surface area contributed by atoms with Gasteiger partial charge in [0.1, 0.15) is 18.1 Å². The molecule has 1 aromatic carbocycles. The van der Waals surface area contributed by atoms with E-state index in [2.05, 4.69) is 26.1 Å². The average Bonchev–Trinajstić information content (AvgIpc) is 2.55. The lowest BCUT2D eigenvalue weighted by Crippen LogP contribution is -2.26. The van der Waals surface area contributed by atoms with Crippen molar-refractivity contribution in [3.05, 3.63) is 17.2 Å². The van der Waals surface area contributed by atoms with Crippen molar-refractivity contribution in [1.29, 1.82) is 0 Å². The Hall–Kier alpha value is -1.91. The average molecular weight is 332 g/mol. The predicted molar refractivity (Wildman–Crippen MR) is 96.1 cm³/mol. The molecule has 3 rings (SSSR count). The maximum atomic E-state index is 10.8. The fraction of sp³-hybridized carbons (Fsp3) is 0.632. The summed E-state index contributed by atoms with van der Waals surface area (Å²) in [5, 5.41) is 14.0. The van der Waals surface area contributed by atoms with Gasteiger partial charge >= 0.3 is 0 Å². The number of aliphatic imine (C=N–C) groups is 1. The SMILES string of the molecule is COc1cc(C(C)(C)C)c(O)c2c1COC(=NC1CCCCC1)N2. The smallest absolute Gasteiger partial charge is 0.289 e.